The fraction of sp³-hybridized carbons (Fsp3) is 0.774. The molecule has 21 atom stereocenters. The van der Waals surface area contributed by atoms with Crippen LogP contribution in [0.2, 0.25) is 36.3 Å². The topological polar surface area (TPSA) is 314 Å². The Bertz CT molecular complexity index is 4070. The van der Waals surface area contributed by atoms with Crippen LogP contribution in [0.1, 0.15) is 295 Å². The number of hydrogen-bond acceptors (Lipinski definition) is 21. The number of fused-ring (bicyclic) bond motifs is 3. The first-order chi connectivity index (χ1) is 54.6. The van der Waals surface area contributed by atoms with E-state index in [0.29, 0.717) is 19.3 Å². The number of epoxide rings is 3. The summed E-state index contributed by atoms with van der Waals surface area (Å²) in [5, 5.41) is 62.7. The SMILES string of the molecule is C/C(=C\c1csc(C)n1)[C@@H]1C[C@@H]2O[C@]2(C)CCC[C@H](C)[C@H](O)[C@@H](C)C(=O)C(C)(C)C(O[Si](C)(C)C(C)(C)C)CC(=O)N1.C/C(=C\c1csc(C)n1)[C@@H]1C[C@@H]2O[C@]2(C)CCC[C@H](C)[C@H](O)[C@@H](C)C(=O)C(C)(C)[C@@H](O)CC(=O)N1.C/C(=C\c1csc(C)n1)[C@@H]1C[C@@H]2O[C@]2(C)CCC[C@H](C)[C@H](O[Si](C)(C)C(C)(C)C)[C@@H](C)C(=O)C(C)(C)[C@@H](O)CC(=O)N1. The highest BCUT2D eigenvalue weighted by molar-refractivity contribution is 7.10. The van der Waals surface area contributed by atoms with E-state index in [1.54, 1.807) is 68.6 Å². The van der Waals surface area contributed by atoms with Crippen LogP contribution in [0.5, 0.6) is 0 Å². The highest BCUT2D eigenvalue weighted by atomic mass is 32.1. The van der Waals surface area contributed by atoms with Gasteiger partial charge in [0.05, 0.1) is 152 Å². The van der Waals surface area contributed by atoms with Crippen molar-refractivity contribution in [2.24, 2.45) is 51.8 Å². The molecule has 7 N–H and O–H groups in total. The number of amides is 3. The minimum absolute atomic E-state index is 0.00183. The minimum atomic E-state index is -2.35. The van der Waals surface area contributed by atoms with Crippen molar-refractivity contribution >= 4 is 104 Å². The maximum Gasteiger partial charge on any atom is 0.223 e. The standard InChI is InChI=1S/2C33H56N2O5SSi.C27H42N2O5S/c1-20-14-13-15-33(10)27(39-33)17-25(21(2)16-24-19-41-23(4)34-24)35-28(36)18-26(40-42(11,12)31(5,6)7)32(8,9)30(38)22(3)29(20)37;1-20-14-13-15-33(10)27(39-33)17-25(21(2)16-24-19-41-23(4)34-24)35-28(37)18-26(36)32(8,9)30(38)22(3)29(20)40-42(11,12)31(5,6)7;1-15-9-8-10-27(7)22(34-27)12-20(16(2)11-19-14-35-18(4)28-19)29-23(31)13-21(30)26(5,6)25(33)17(3)24(15)32/h16,19-20,22,25-27,29,37H,13-15,17-18H2,1-12H3,(H,35,36);16,19-20,22,25-27,29,36H,13-15,17-18H2,1-12H3,(H,35,37);11,14-15,17,20-22,24,30,32H,8-10,12-13H2,1-7H3,(H,29,31)/b2*21-16+;16-11+/t20-,22+,25-,26?,27-,29-,33+;20-,22+,25-,26-,27-,29-,33+;15-,17+,20-,21-,22-,24-,27+/m000/s1. The molecule has 3 aromatic rings. The van der Waals surface area contributed by atoms with Crippen LogP contribution in [0.4, 0.5) is 0 Å². The summed E-state index contributed by atoms with van der Waals surface area (Å²) in [5.74, 6) is -2.66. The molecule has 6 aliphatic heterocycles. The molecule has 0 aliphatic carbocycles. The van der Waals surface area contributed by atoms with Gasteiger partial charge in [0.15, 0.2) is 16.6 Å². The number of rotatable bonds is 10. The molecule has 1 unspecified atom stereocenters. The number of thiazole rings is 3. The van der Waals surface area contributed by atoms with Crippen LogP contribution in [-0.4, -0.2) is 177 Å². The molecular weight excluding hydrogens is 1590 g/mol. The summed E-state index contributed by atoms with van der Waals surface area (Å²) in [5.41, 5.74) is 1.62. The molecule has 21 nitrogen and oxygen atoms in total. The second kappa shape index (κ2) is 40.1. The third-order valence-electron chi connectivity index (χ3n) is 28.6. The molecule has 6 saturated heterocycles. The van der Waals surface area contributed by atoms with Gasteiger partial charge in [-0.3, -0.25) is 28.8 Å². The number of hydrogen-bond donors (Lipinski definition) is 7. The summed E-state index contributed by atoms with van der Waals surface area (Å²) in [6.07, 6.45) is 11.0. The van der Waals surface area contributed by atoms with Crippen molar-refractivity contribution in [2.45, 2.75) is 409 Å². The summed E-state index contributed by atoms with van der Waals surface area (Å²) in [7, 11) is -4.53. The summed E-state index contributed by atoms with van der Waals surface area (Å²) in [6, 6.07) is -0.758. The first kappa shape index (κ1) is 102. The smallest absolute Gasteiger partial charge is 0.223 e. The highest BCUT2D eigenvalue weighted by Gasteiger charge is 2.57. The molecule has 6 fully saturated rings. The van der Waals surface area contributed by atoms with Gasteiger partial charge >= 0.3 is 0 Å². The number of ether oxygens (including phenoxy) is 3. The Morgan fingerprint density at radius 2 is 0.739 bits per heavy atom. The van der Waals surface area contributed by atoms with E-state index in [4.69, 9.17) is 23.1 Å². The summed E-state index contributed by atoms with van der Waals surface area (Å²) in [6.45, 7) is 62.5. The number of nitrogens with one attached hydrogen (secondary N) is 3. The van der Waals surface area contributed by atoms with Crippen molar-refractivity contribution in [2.75, 3.05) is 0 Å². The third kappa shape index (κ3) is 26.6. The van der Waals surface area contributed by atoms with E-state index in [0.717, 1.165) is 107 Å². The van der Waals surface area contributed by atoms with Crippen LogP contribution in [0.15, 0.2) is 32.9 Å². The van der Waals surface area contributed by atoms with E-state index >= 15 is 0 Å². The van der Waals surface area contributed by atoms with E-state index in [1.165, 1.54) is 0 Å². The predicted molar refractivity (Wildman–Crippen MR) is 486 cm³/mol. The Morgan fingerprint density at radius 1 is 0.454 bits per heavy atom. The van der Waals surface area contributed by atoms with Crippen molar-refractivity contribution in [3.8, 4) is 0 Å². The number of aliphatic hydroxyl groups is 4. The highest BCUT2D eigenvalue weighted by Crippen LogP contribution is 2.50. The number of aliphatic hydroxyl groups excluding tert-OH is 4. The Balaban J connectivity index is 0.000000247. The van der Waals surface area contributed by atoms with Gasteiger partial charge in [-0.1, -0.05) is 144 Å². The molecule has 0 saturated carbocycles. The van der Waals surface area contributed by atoms with Gasteiger partial charge in [-0.2, -0.15) is 0 Å². The third-order valence-corrected chi connectivity index (χ3v) is 39.9. The van der Waals surface area contributed by atoms with Gasteiger partial charge in [0.2, 0.25) is 17.7 Å². The number of Topliss-reactive ketones (excluding diaryl/α,β-unsaturated/α-hetero) is 3. The number of carbonyl (C=O) groups excluding carboxylic acids is 6. The van der Waals surface area contributed by atoms with Gasteiger partial charge in [0.1, 0.15) is 17.3 Å². The minimum Gasteiger partial charge on any atom is -0.413 e. The van der Waals surface area contributed by atoms with E-state index < -0.39 is 81.2 Å². The van der Waals surface area contributed by atoms with Crippen LogP contribution < -0.4 is 16.0 Å². The first-order valence-corrected chi connectivity index (χ1v) is 52.5. The first-order valence-electron chi connectivity index (χ1n) is 44.0. The molecule has 9 rings (SSSR count). The molecule has 0 bridgehead atoms. The number of nitrogens with zero attached hydrogens (tertiary/aromatic N) is 3. The van der Waals surface area contributed by atoms with Gasteiger partial charge in [-0.15, -0.1) is 34.0 Å². The lowest BCUT2D eigenvalue weighted by molar-refractivity contribution is -0.144. The number of aryl methyl sites for hydroxylation is 3. The fourth-order valence-electron chi connectivity index (χ4n) is 17.0. The second-order valence-corrected chi connectivity index (χ2v) is 54.6. The van der Waals surface area contributed by atoms with Crippen LogP contribution >= 0.6 is 34.0 Å². The Kier molecular flexibility index (Phi) is 34.2. The number of aromatic nitrogens is 3. The van der Waals surface area contributed by atoms with Crippen molar-refractivity contribution < 1.29 is 72.3 Å². The molecule has 0 aromatic carbocycles. The molecule has 3 aromatic heterocycles. The van der Waals surface area contributed by atoms with Gasteiger partial charge < -0.3 is 59.4 Å². The molecule has 26 heteroatoms. The Hall–Kier alpha value is -4.40. The van der Waals surface area contributed by atoms with E-state index in [1.807, 2.05) is 117 Å². The Labute approximate surface area is 728 Å². The zero-order valence-corrected chi connectivity index (χ0v) is 82.8. The lowest BCUT2D eigenvalue weighted by Crippen LogP contribution is -2.53. The van der Waals surface area contributed by atoms with Gasteiger partial charge in [0, 0.05) is 58.6 Å². The van der Waals surface area contributed by atoms with Gasteiger partial charge in [0.25, 0.3) is 0 Å². The van der Waals surface area contributed by atoms with Crippen LogP contribution in [0, 0.1) is 72.5 Å². The molecule has 3 amide bonds. The van der Waals surface area contributed by atoms with E-state index in [2.05, 4.69) is 126 Å². The maximum absolute atomic E-state index is 14.1. The molecule has 9 heterocycles. The quantitative estimate of drug-likeness (QED) is 0.0732. The predicted octanol–water partition coefficient (Wildman–Crippen LogP) is 18.2. The number of ketones is 3. The summed E-state index contributed by atoms with van der Waals surface area (Å²) in [4.78, 5) is 95.3. The lowest BCUT2D eigenvalue weighted by Gasteiger charge is -2.44. The molecular formula is C93H154N6O15S3Si2. The zero-order valence-electron chi connectivity index (χ0n) is 78.3. The maximum atomic E-state index is 14.1. The van der Waals surface area contributed by atoms with Gasteiger partial charge in [-0.05, 0) is 190 Å². The number of carbonyl (C=O) groups is 6. The molecule has 119 heavy (non-hydrogen) atoms. The summed E-state index contributed by atoms with van der Waals surface area (Å²) >= 11 is 4.78. The van der Waals surface area contributed by atoms with Crippen molar-refractivity contribution in [3.05, 3.63) is 65.0 Å². The monoisotopic (exact) mass is 1750 g/mol. The normalized spacial score (nSPS) is 35.1. The van der Waals surface area contributed by atoms with Crippen LogP contribution in [-0.2, 0) is 51.8 Å². The fourth-order valence-corrected chi connectivity index (χ4v) is 21.6. The van der Waals surface area contributed by atoms with Crippen LogP contribution in [0.3, 0.4) is 0 Å². The molecule has 672 valence electrons. The van der Waals surface area contributed by atoms with Crippen molar-refractivity contribution in [3.63, 3.8) is 0 Å². The van der Waals surface area contributed by atoms with Crippen LogP contribution in [0.25, 0.3) is 18.2 Å². The van der Waals surface area contributed by atoms with Crippen molar-refractivity contribution in [1.82, 2.24) is 30.9 Å². The lowest BCUT2D eigenvalue weighted by atomic mass is 9.72. The van der Waals surface area contributed by atoms with Crippen molar-refractivity contribution in [1.29, 1.82) is 0 Å². The molecule has 0 spiro atoms. The second-order valence-electron chi connectivity index (χ2n) is 41.9. The molecule has 0 radical (unpaired) electrons. The molecule has 6 aliphatic rings. The Morgan fingerprint density at radius 3 is 1.04 bits per heavy atom. The largest absolute Gasteiger partial charge is 0.413 e. The summed E-state index contributed by atoms with van der Waals surface area (Å²) < 4.78 is 32.4. The van der Waals surface area contributed by atoms with Gasteiger partial charge in [-0.25, -0.2) is 15.0 Å². The average Bonchev–Trinajstić information content (AvgIpc) is 1.59. The zero-order chi connectivity index (χ0) is 89.8. The van der Waals surface area contributed by atoms with E-state index in [9.17, 15) is 49.2 Å². The average molecular weight is 1750 g/mol. The van der Waals surface area contributed by atoms with E-state index in [-0.39, 0.29) is 142 Å².